The van der Waals surface area contributed by atoms with Crippen molar-refractivity contribution in [2.45, 2.75) is 18.7 Å². The maximum atomic E-state index is 12.6. The third-order valence-electron chi connectivity index (χ3n) is 4.47. The highest BCUT2D eigenvalue weighted by Gasteiger charge is 2.16. The average molecular weight is 469 g/mol. The number of hydrogen-bond donors (Lipinski definition) is 2. The van der Waals surface area contributed by atoms with Crippen LogP contribution in [-0.4, -0.2) is 38.5 Å². The Morgan fingerprint density at radius 1 is 0.909 bits per heavy atom. The van der Waals surface area contributed by atoms with E-state index in [4.69, 9.17) is 9.47 Å². The second kappa shape index (κ2) is 10.1. The second-order valence-electron chi connectivity index (χ2n) is 7.04. The fourth-order valence-corrected chi connectivity index (χ4v) is 3.92. The Kier molecular flexibility index (Phi) is 7.29. The maximum Gasteiger partial charge on any atom is 0.264 e. The number of aryl methyl sites for hydroxylation is 2. The molecule has 0 unspecified atom stereocenters. The van der Waals surface area contributed by atoms with Crippen LogP contribution < -0.4 is 19.5 Å². The number of amides is 1. The summed E-state index contributed by atoms with van der Waals surface area (Å²) in [7, 11) is -0.794. The summed E-state index contributed by atoms with van der Waals surface area (Å²) < 4.78 is 38.0. The van der Waals surface area contributed by atoms with E-state index in [1.807, 2.05) is 0 Å². The summed E-state index contributed by atoms with van der Waals surface area (Å²) in [6, 6.07) is 12.8. The van der Waals surface area contributed by atoms with E-state index in [1.54, 1.807) is 51.3 Å². The summed E-state index contributed by atoms with van der Waals surface area (Å²) in [4.78, 5) is 20.4. The molecule has 3 rings (SSSR count). The van der Waals surface area contributed by atoms with Gasteiger partial charge in [0.2, 0.25) is 11.9 Å². The Morgan fingerprint density at radius 2 is 1.55 bits per heavy atom. The number of methoxy groups -OCH3 is 2. The van der Waals surface area contributed by atoms with Crippen LogP contribution in [0.2, 0.25) is 0 Å². The third-order valence-corrected chi connectivity index (χ3v) is 5.82. The van der Waals surface area contributed by atoms with Gasteiger partial charge in [0.1, 0.15) is 0 Å². The SMILES string of the molecule is COc1ccc(/C=C/C(=O)Nc2ccc(S(=O)(=O)Nc3nc(C)cc(C)n3)cc2)cc1OC. The van der Waals surface area contributed by atoms with Crippen molar-refractivity contribution in [1.82, 2.24) is 9.97 Å². The van der Waals surface area contributed by atoms with Crippen molar-refractivity contribution in [3.05, 3.63) is 71.6 Å². The predicted molar refractivity (Wildman–Crippen MR) is 126 cm³/mol. The van der Waals surface area contributed by atoms with E-state index < -0.39 is 10.0 Å². The van der Waals surface area contributed by atoms with Gasteiger partial charge in [-0.25, -0.2) is 23.1 Å². The Balaban J connectivity index is 1.66. The van der Waals surface area contributed by atoms with Gasteiger partial charge in [0.15, 0.2) is 11.5 Å². The maximum absolute atomic E-state index is 12.6. The summed E-state index contributed by atoms with van der Waals surface area (Å²) in [5.41, 5.74) is 2.50. The smallest absolute Gasteiger partial charge is 0.264 e. The van der Waals surface area contributed by atoms with Crippen molar-refractivity contribution in [1.29, 1.82) is 0 Å². The van der Waals surface area contributed by atoms with Crippen LogP contribution in [0.5, 0.6) is 11.5 Å². The highest BCUT2D eigenvalue weighted by Crippen LogP contribution is 2.28. The molecule has 1 amide bonds. The summed E-state index contributed by atoms with van der Waals surface area (Å²) in [5.74, 6) is 0.775. The van der Waals surface area contributed by atoms with Gasteiger partial charge in [-0.05, 0) is 68.0 Å². The van der Waals surface area contributed by atoms with Crippen molar-refractivity contribution >= 4 is 33.6 Å². The number of carbonyl (C=O) groups excluding carboxylic acids is 1. The fourth-order valence-electron chi connectivity index (χ4n) is 2.98. The van der Waals surface area contributed by atoms with Crippen molar-refractivity contribution in [3.63, 3.8) is 0 Å². The Bertz CT molecular complexity index is 1270. The lowest BCUT2D eigenvalue weighted by atomic mass is 10.2. The van der Waals surface area contributed by atoms with Gasteiger partial charge < -0.3 is 14.8 Å². The lowest BCUT2D eigenvalue weighted by Crippen LogP contribution is -2.16. The third kappa shape index (κ3) is 6.30. The molecule has 0 aliphatic carbocycles. The van der Waals surface area contributed by atoms with Gasteiger partial charge in [-0.15, -0.1) is 0 Å². The molecule has 0 spiro atoms. The molecule has 0 aliphatic heterocycles. The molecule has 0 fully saturated rings. The molecule has 0 radical (unpaired) electrons. The van der Waals surface area contributed by atoms with Crippen LogP contribution in [0.4, 0.5) is 11.6 Å². The molecule has 172 valence electrons. The molecule has 0 bridgehead atoms. The monoisotopic (exact) mass is 468 g/mol. The zero-order valence-corrected chi connectivity index (χ0v) is 19.4. The van der Waals surface area contributed by atoms with Crippen LogP contribution in [0.15, 0.2) is 59.5 Å². The normalized spacial score (nSPS) is 11.3. The highest BCUT2D eigenvalue weighted by molar-refractivity contribution is 7.92. The van der Waals surface area contributed by atoms with E-state index in [0.717, 1.165) is 5.56 Å². The van der Waals surface area contributed by atoms with Crippen LogP contribution in [0, 0.1) is 13.8 Å². The summed E-state index contributed by atoms with van der Waals surface area (Å²) in [5, 5.41) is 2.69. The van der Waals surface area contributed by atoms with E-state index in [0.29, 0.717) is 28.6 Å². The minimum absolute atomic E-state index is 0.00480. The summed E-state index contributed by atoms with van der Waals surface area (Å²) in [6.07, 6.45) is 2.99. The average Bonchev–Trinajstić information content (AvgIpc) is 2.76. The molecule has 10 heteroatoms. The predicted octanol–water partition coefficient (Wildman–Crippen LogP) is 3.56. The first kappa shape index (κ1) is 23.7. The topological polar surface area (TPSA) is 120 Å². The Labute approximate surface area is 192 Å². The number of nitrogens with one attached hydrogen (secondary N) is 2. The van der Waals surface area contributed by atoms with Gasteiger partial charge in [-0.2, -0.15) is 0 Å². The van der Waals surface area contributed by atoms with E-state index >= 15 is 0 Å². The van der Waals surface area contributed by atoms with Gasteiger partial charge in [0.05, 0.1) is 19.1 Å². The van der Waals surface area contributed by atoms with Crippen LogP contribution in [0.25, 0.3) is 6.08 Å². The van der Waals surface area contributed by atoms with Crippen LogP contribution in [0.3, 0.4) is 0 Å². The molecule has 1 heterocycles. The minimum atomic E-state index is -3.87. The van der Waals surface area contributed by atoms with Crippen molar-refractivity contribution in [2.24, 2.45) is 0 Å². The molecule has 2 aromatic carbocycles. The van der Waals surface area contributed by atoms with Gasteiger partial charge in [0.25, 0.3) is 10.0 Å². The molecule has 1 aromatic heterocycles. The number of rotatable bonds is 8. The van der Waals surface area contributed by atoms with Crippen molar-refractivity contribution in [3.8, 4) is 11.5 Å². The van der Waals surface area contributed by atoms with Crippen molar-refractivity contribution < 1.29 is 22.7 Å². The van der Waals surface area contributed by atoms with E-state index in [9.17, 15) is 13.2 Å². The summed E-state index contributed by atoms with van der Waals surface area (Å²) >= 11 is 0. The number of nitrogens with zero attached hydrogens (tertiary/aromatic N) is 2. The second-order valence-corrected chi connectivity index (χ2v) is 8.72. The molecule has 3 aromatic rings. The zero-order valence-electron chi connectivity index (χ0n) is 18.6. The molecule has 0 atom stereocenters. The molecule has 0 aliphatic rings. The molecule has 33 heavy (non-hydrogen) atoms. The Morgan fingerprint density at radius 3 is 2.15 bits per heavy atom. The van der Waals surface area contributed by atoms with Crippen LogP contribution >= 0.6 is 0 Å². The summed E-state index contributed by atoms with van der Waals surface area (Å²) in [6.45, 7) is 3.51. The van der Waals surface area contributed by atoms with Crippen LogP contribution in [-0.2, 0) is 14.8 Å². The van der Waals surface area contributed by atoms with Crippen LogP contribution in [0.1, 0.15) is 17.0 Å². The largest absolute Gasteiger partial charge is 0.493 e. The fraction of sp³-hybridized carbons (Fsp3) is 0.174. The quantitative estimate of drug-likeness (QED) is 0.485. The number of carbonyl (C=O) groups is 1. The molecular formula is C23H24N4O5S. The van der Waals surface area contributed by atoms with E-state index in [2.05, 4.69) is 20.0 Å². The standard InChI is InChI=1S/C23H24N4O5S/c1-15-13-16(2)25-23(24-15)27-33(29,30)19-9-7-18(8-10-19)26-22(28)12-6-17-5-11-20(31-3)21(14-17)32-4/h5-14H,1-4H3,(H,26,28)(H,24,25,27)/b12-6+. The lowest BCUT2D eigenvalue weighted by molar-refractivity contribution is -0.111. The number of anilines is 2. The highest BCUT2D eigenvalue weighted by atomic mass is 32.2. The zero-order chi connectivity index (χ0) is 24.0. The number of aromatic nitrogens is 2. The number of hydrogen-bond acceptors (Lipinski definition) is 7. The molecular weight excluding hydrogens is 444 g/mol. The van der Waals surface area contributed by atoms with E-state index in [1.165, 1.54) is 37.5 Å². The van der Waals surface area contributed by atoms with Gasteiger partial charge in [-0.3, -0.25) is 4.79 Å². The van der Waals surface area contributed by atoms with E-state index in [-0.39, 0.29) is 16.8 Å². The first-order valence-corrected chi connectivity index (χ1v) is 11.3. The van der Waals surface area contributed by atoms with Gasteiger partial charge in [0, 0.05) is 23.2 Å². The molecule has 9 nitrogen and oxygen atoms in total. The lowest BCUT2D eigenvalue weighted by Gasteiger charge is -2.09. The number of sulfonamides is 1. The van der Waals surface area contributed by atoms with Gasteiger partial charge >= 0.3 is 0 Å². The van der Waals surface area contributed by atoms with Crippen molar-refractivity contribution in [2.75, 3.05) is 24.3 Å². The minimum Gasteiger partial charge on any atom is -0.493 e. The first-order valence-electron chi connectivity index (χ1n) is 9.86. The number of ether oxygens (including phenoxy) is 2. The van der Waals surface area contributed by atoms with Gasteiger partial charge in [-0.1, -0.05) is 6.07 Å². The molecule has 2 N–H and O–H groups in total. The first-order chi connectivity index (χ1) is 15.7. The number of benzene rings is 2. The molecule has 0 saturated heterocycles. The molecule has 0 saturated carbocycles. The Hall–Kier alpha value is -3.92.